The van der Waals surface area contributed by atoms with Crippen molar-refractivity contribution in [3.8, 4) is 11.5 Å². The van der Waals surface area contributed by atoms with Crippen molar-refractivity contribution in [2.75, 3.05) is 45.2 Å². The molecule has 0 unspecified atom stereocenters. The van der Waals surface area contributed by atoms with Gasteiger partial charge in [0, 0.05) is 37.8 Å². The molecule has 0 radical (unpaired) electrons. The summed E-state index contributed by atoms with van der Waals surface area (Å²) in [5.74, 6) is 0.109. The van der Waals surface area contributed by atoms with Crippen LogP contribution in [0.4, 0.5) is 18.9 Å². The van der Waals surface area contributed by atoms with Crippen LogP contribution in [0.25, 0.3) is 0 Å². The molecule has 0 aromatic heterocycles. The highest BCUT2D eigenvalue weighted by molar-refractivity contribution is 7.92. The van der Waals surface area contributed by atoms with E-state index in [1.54, 1.807) is 19.1 Å². The lowest BCUT2D eigenvalue weighted by molar-refractivity contribution is -0.137. The van der Waals surface area contributed by atoms with E-state index in [2.05, 4.69) is 4.72 Å². The van der Waals surface area contributed by atoms with Crippen molar-refractivity contribution in [1.82, 2.24) is 9.80 Å². The fraction of sp³-hybridized carbons (Fsp3) is 0.486. The highest BCUT2D eigenvalue weighted by atomic mass is 32.2. The number of amides is 1. The van der Waals surface area contributed by atoms with Gasteiger partial charge in [0.25, 0.3) is 15.9 Å². The number of sulfonamides is 1. The second-order valence-electron chi connectivity index (χ2n) is 13.2. The molecule has 1 aliphatic heterocycles. The van der Waals surface area contributed by atoms with Crippen LogP contribution in [0.2, 0.25) is 0 Å². The normalized spacial score (nSPS) is 20.2. The summed E-state index contributed by atoms with van der Waals surface area (Å²) >= 11 is 0. The van der Waals surface area contributed by atoms with E-state index in [-0.39, 0.29) is 47.4 Å². The predicted octanol–water partition coefficient (Wildman–Crippen LogP) is 6.44. The van der Waals surface area contributed by atoms with Crippen molar-refractivity contribution in [3.63, 3.8) is 0 Å². The van der Waals surface area contributed by atoms with Gasteiger partial charge in [-0.2, -0.15) is 13.2 Å². The van der Waals surface area contributed by atoms with Gasteiger partial charge in [-0.25, -0.2) is 8.42 Å². The number of hydrogen-bond acceptors (Lipinski definition) is 8. The Kier molecular flexibility index (Phi) is 13.8. The molecule has 4 atom stereocenters. The quantitative estimate of drug-likeness (QED) is 0.245. The van der Waals surface area contributed by atoms with E-state index in [1.165, 1.54) is 54.5 Å². The number of anilines is 1. The van der Waals surface area contributed by atoms with Crippen molar-refractivity contribution in [2.45, 2.75) is 75.9 Å². The Hall–Kier alpha value is -3.85. The van der Waals surface area contributed by atoms with Gasteiger partial charge in [-0.15, -0.1) is 0 Å². The summed E-state index contributed by atoms with van der Waals surface area (Å²) in [6, 6.07) is 14.9. The molecule has 4 rings (SSSR count). The highest BCUT2D eigenvalue weighted by Crippen LogP contribution is 2.31. The number of ether oxygens (including phenoxy) is 3. The molecule has 10 nitrogen and oxygen atoms in total. The Morgan fingerprint density at radius 1 is 1.06 bits per heavy atom. The van der Waals surface area contributed by atoms with E-state index >= 15 is 0 Å². The Bertz CT molecular complexity index is 1690. The molecular formula is C37H48F3N3O7S. The summed E-state index contributed by atoms with van der Waals surface area (Å²) in [6.45, 7) is 6.73. The molecule has 1 amide bonds. The van der Waals surface area contributed by atoms with Crippen molar-refractivity contribution in [2.24, 2.45) is 5.92 Å². The highest BCUT2D eigenvalue weighted by Gasteiger charge is 2.32. The lowest BCUT2D eigenvalue weighted by Crippen LogP contribution is -2.47. The van der Waals surface area contributed by atoms with Crippen molar-refractivity contribution < 1.29 is 45.7 Å². The average molecular weight is 736 g/mol. The van der Waals surface area contributed by atoms with Crippen LogP contribution in [0.5, 0.6) is 11.5 Å². The monoisotopic (exact) mass is 735 g/mol. The third-order valence-corrected chi connectivity index (χ3v) is 10.3. The Labute approximate surface area is 298 Å². The molecule has 2 N–H and O–H groups in total. The minimum absolute atomic E-state index is 0.0123. The molecule has 0 spiro atoms. The molecule has 0 saturated heterocycles. The Balaban J connectivity index is 1.61. The number of fused-ring (bicyclic) bond motifs is 1. The number of carbonyl (C=O) groups excluding carboxylic acids is 1. The first-order valence-corrected chi connectivity index (χ1v) is 18.4. The van der Waals surface area contributed by atoms with Gasteiger partial charge in [0.2, 0.25) is 0 Å². The third-order valence-electron chi connectivity index (χ3n) is 8.90. The number of likely N-dealkylation sites (N-methyl/N-ethyl adjacent to an activating group) is 1. The standard InChI is InChI=1S/C37H48F3N3O7S/c1-25-21-43(26(2)24-44)36(45)33-20-30(41-51(46,47)32-16-14-31(48-5)15-17-32)13-18-34(33)50-27(3)8-6-7-19-49-35(25)23-42(4)22-28-9-11-29(12-10-28)37(38,39)40/h9-18,20,25-27,35,41,44H,6-8,19,21-24H2,1-5H3/t25-,26+,27+,35+/m0/s1. The van der Waals surface area contributed by atoms with Gasteiger partial charge in [0.15, 0.2) is 0 Å². The van der Waals surface area contributed by atoms with Gasteiger partial charge in [-0.3, -0.25) is 14.4 Å². The lowest BCUT2D eigenvalue weighted by Gasteiger charge is -2.36. The van der Waals surface area contributed by atoms with Gasteiger partial charge in [0.05, 0.1) is 48.0 Å². The van der Waals surface area contributed by atoms with Crippen LogP contribution in [0.3, 0.4) is 0 Å². The molecule has 0 saturated carbocycles. The lowest BCUT2D eigenvalue weighted by atomic mass is 10.0. The summed E-state index contributed by atoms with van der Waals surface area (Å²) in [5.41, 5.74) is 0.306. The Morgan fingerprint density at radius 2 is 1.75 bits per heavy atom. The third kappa shape index (κ3) is 11.1. The number of aliphatic hydroxyl groups is 1. The van der Waals surface area contributed by atoms with E-state index < -0.39 is 33.7 Å². The number of alkyl halides is 3. The zero-order valence-electron chi connectivity index (χ0n) is 29.7. The van der Waals surface area contributed by atoms with E-state index in [0.29, 0.717) is 43.2 Å². The number of benzene rings is 3. The zero-order valence-corrected chi connectivity index (χ0v) is 30.5. The second-order valence-corrected chi connectivity index (χ2v) is 14.9. The van der Waals surface area contributed by atoms with Crippen molar-refractivity contribution in [3.05, 3.63) is 83.4 Å². The SMILES string of the molecule is COc1ccc(S(=O)(=O)Nc2ccc3c(c2)C(=O)N([C@H](C)CO)C[C@H](C)[C@@H](CN(C)Cc2ccc(C(F)(F)F)cc2)OCCCC[C@@H](C)O3)cc1. The summed E-state index contributed by atoms with van der Waals surface area (Å²) in [6.07, 6.45) is -2.81. The summed E-state index contributed by atoms with van der Waals surface area (Å²) in [5, 5.41) is 10.2. The van der Waals surface area contributed by atoms with Crippen LogP contribution in [-0.2, 0) is 27.5 Å². The average Bonchev–Trinajstić information content (AvgIpc) is 3.09. The van der Waals surface area contributed by atoms with Gasteiger partial charge >= 0.3 is 6.18 Å². The minimum Gasteiger partial charge on any atom is -0.497 e. The number of rotatable bonds is 10. The second kappa shape index (κ2) is 17.6. The fourth-order valence-corrected chi connectivity index (χ4v) is 6.95. The van der Waals surface area contributed by atoms with Gasteiger partial charge in [-0.05, 0) is 100 Å². The molecule has 1 heterocycles. The first kappa shape index (κ1) is 39.9. The molecule has 0 fully saturated rings. The number of nitrogens with one attached hydrogen (secondary N) is 1. The van der Waals surface area contributed by atoms with Gasteiger partial charge in [-0.1, -0.05) is 19.1 Å². The molecule has 14 heteroatoms. The number of carbonyl (C=O) groups is 1. The number of nitrogens with zero attached hydrogens (tertiary/aromatic N) is 2. The smallest absolute Gasteiger partial charge is 0.416 e. The molecule has 3 aromatic rings. The van der Waals surface area contributed by atoms with Gasteiger partial charge in [0.1, 0.15) is 11.5 Å². The van der Waals surface area contributed by atoms with Crippen LogP contribution in [-0.4, -0.2) is 87.9 Å². The zero-order chi connectivity index (χ0) is 37.3. The maximum atomic E-state index is 14.4. The maximum Gasteiger partial charge on any atom is 0.416 e. The van der Waals surface area contributed by atoms with Crippen LogP contribution in [0.15, 0.2) is 71.6 Å². The maximum absolute atomic E-state index is 14.4. The first-order chi connectivity index (χ1) is 24.1. The number of halogens is 3. The molecule has 0 bridgehead atoms. The molecule has 51 heavy (non-hydrogen) atoms. The number of aliphatic hydroxyl groups excluding tert-OH is 1. The largest absolute Gasteiger partial charge is 0.497 e. The summed E-state index contributed by atoms with van der Waals surface area (Å²) < 4.78 is 86.1. The fourth-order valence-electron chi connectivity index (χ4n) is 5.90. The summed E-state index contributed by atoms with van der Waals surface area (Å²) in [4.78, 5) is 17.9. The number of hydrogen-bond donors (Lipinski definition) is 2. The molecule has 3 aromatic carbocycles. The van der Waals surface area contributed by atoms with Crippen LogP contribution in [0.1, 0.15) is 61.5 Å². The minimum atomic E-state index is -4.41. The Morgan fingerprint density at radius 3 is 2.37 bits per heavy atom. The van der Waals surface area contributed by atoms with Crippen LogP contribution in [0, 0.1) is 5.92 Å². The first-order valence-electron chi connectivity index (χ1n) is 17.0. The molecule has 280 valence electrons. The number of methoxy groups -OCH3 is 1. The van der Waals surface area contributed by atoms with E-state index in [4.69, 9.17) is 14.2 Å². The summed E-state index contributed by atoms with van der Waals surface area (Å²) in [7, 11) is -0.672. The van der Waals surface area contributed by atoms with E-state index in [1.807, 2.05) is 25.8 Å². The van der Waals surface area contributed by atoms with E-state index in [9.17, 15) is 31.5 Å². The topological polar surface area (TPSA) is 118 Å². The van der Waals surface area contributed by atoms with Crippen LogP contribution < -0.4 is 14.2 Å². The molecule has 0 aliphatic carbocycles. The van der Waals surface area contributed by atoms with E-state index in [0.717, 1.165) is 25.0 Å². The molecular weight excluding hydrogens is 687 g/mol. The van der Waals surface area contributed by atoms with Crippen molar-refractivity contribution >= 4 is 21.6 Å². The van der Waals surface area contributed by atoms with Gasteiger partial charge < -0.3 is 24.2 Å². The predicted molar refractivity (Wildman–Crippen MR) is 188 cm³/mol. The van der Waals surface area contributed by atoms with Crippen LogP contribution >= 0.6 is 0 Å². The van der Waals surface area contributed by atoms with Crippen molar-refractivity contribution in [1.29, 1.82) is 0 Å². The molecule has 1 aliphatic rings.